The summed E-state index contributed by atoms with van der Waals surface area (Å²) in [4.78, 5) is 0. The molecular weight excluding hydrogens is 250 g/mol. The van der Waals surface area contributed by atoms with E-state index < -0.39 is 0 Å². The van der Waals surface area contributed by atoms with E-state index in [1.54, 1.807) is 4.68 Å². The van der Waals surface area contributed by atoms with Crippen LogP contribution in [0.15, 0.2) is 24.3 Å². The van der Waals surface area contributed by atoms with Gasteiger partial charge in [0, 0.05) is 24.3 Å². The molecule has 1 fully saturated rings. The van der Waals surface area contributed by atoms with Crippen LogP contribution in [0.1, 0.15) is 26.7 Å². The normalized spacial score (nSPS) is 21.8. The Morgan fingerprint density at radius 1 is 1.30 bits per heavy atom. The lowest BCUT2D eigenvalue weighted by atomic mass is 9.73. The van der Waals surface area contributed by atoms with E-state index in [2.05, 4.69) is 46.8 Å². The molecule has 0 atom stereocenters. The zero-order valence-corrected chi connectivity index (χ0v) is 12.2. The fraction of sp³-hybridized carbons (Fsp3) is 0.533. The van der Waals surface area contributed by atoms with Gasteiger partial charge < -0.3 is 5.32 Å². The highest BCUT2D eigenvalue weighted by Crippen LogP contribution is 2.35. The van der Waals surface area contributed by atoms with Crippen molar-refractivity contribution in [3.05, 3.63) is 24.3 Å². The van der Waals surface area contributed by atoms with Gasteiger partial charge in [-0.25, -0.2) is 4.68 Å². The predicted octanol–water partition coefficient (Wildman–Crippen LogP) is 2.72. The quantitative estimate of drug-likeness (QED) is 0.929. The second kappa shape index (κ2) is 5.23. The zero-order chi connectivity index (χ0) is 14.1. The third-order valence-electron chi connectivity index (χ3n) is 4.23. The standard InChI is InChI=1S/C15H21N5/c1-10(2)12-8-14(9-12)16-13-6-4-5-11(7-13)15-17-18-19-20(15)3/h4-7,10,12,14,16H,8-9H2,1-3H3. The summed E-state index contributed by atoms with van der Waals surface area (Å²) in [5.74, 6) is 2.46. The van der Waals surface area contributed by atoms with E-state index in [4.69, 9.17) is 0 Å². The zero-order valence-electron chi connectivity index (χ0n) is 12.2. The topological polar surface area (TPSA) is 55.6 Å². The number of aryl methyl sites for hydroxylation is 1. The van der Waals surface area contributed by atoms with Crippen LogP contribution in [0, 0.1) is 11.8 Å². The van der Waals surface area contributed by atoms with Crippen LogP contribution in [0.4, 0.5) is 5.69 Å². The molecule has 2 aromatic rings. The number of nitrogens with zero attached hydrogens (tertiary/aromatic N) is 4. The van der Waals surface area contributed by atoms with Crippen molar-refractivity contribution in [2.45, 2.75) is 32.7 Å². The van der Waals surface area contributed by atoms with Gasteiger partial charge in [0.2, 0.25) is 0 Å². The number of hydrogen-bond donors (Lipinski definition) is 1. The van der Waals surface area contributed by atoms with Gasteiger partial charge in [0.15, 0.2) is 5.82 Å². The molecule has 1 heterocycles. The van der Waals surface area contributed by atoms with Gasteiger partial charge in [-0.1, -0.05) is 26.0 Å². The van der Waals surface area contributed by atoms with Crippen LogP contribution in [0.3, 0.4) is 0 Å². The van der Waals surface area contributed by atoms with Crippen LogP contribution in [0.5, 0.6) is 0 Å². The van der Waals surface area contributed by atoms with Gasteiger partial charge in [-0.05, 0) is 47.2 Å². The Morgan fingerprint density at radius 2 is 2.10 bits per heavy atom. The molecule has 5 nitrogen and oxygen atoms in total. The van der Waals surface area contributed by atoms with Crippen LogP contribution < -0.4 is 5.32 Å². The van der Waals surface area contributed by atoms with Gasteiger partial charge in [-0.15, -0.1) is 5.10 Å². The first-order valence-corrected chi connectivity index (χ1v) is 7.23. The summed E-state index contributed by atoms with van der Waals surface area (Å²) >= 11 is 0. The Morgan fingerprint density at radius 3 is 2.75 bits per heavy atom. The van der Waals surface area contributed by atoms with Gasteiger partial charge in [-0.2, -0.15) is 0 Å². The van der Waals surface area contributed by atoms with Crippen LogP contribution in [-0.4, -0.2) is 26.2 Å². The van der Waals surface area contributed by atoms with Crippen LogP contribution in [-0.2, 0) is 7.05 Å². The number of hydrogen-bond acceptors (Lipinski definition) is 4. The maximum absolute atomic E-state index is 4.05. The minimum atomic E-state index is 0.607. The van der Waals surface area contributed by atoms with Crippen molar-refractivity contribution in [3.63, 3.8) is 0 Å². The Balaban J connectivity index is 1.69. The first-order valence-electron chi connectivity index (χ1n) is 7.23. The van der Waals surface area contributed by atoms with Crippen molar-refractivity contribution in [1.29, 1.82) is 0 Å². The molecule has 1 saturated carbocycles. The second-order valence-electron chi connectivity index (χ2n) is 6.02. The molecule has 3 rings (SSSR count). The fourth-order valence-corrected chi connectivity index (χ4v) is 2.78. The Kier molecular flexibility index (Phi) is 3.42. The van der Waals surface area contributed by atoms with E-state index in [0.717, 1.165) is 28.9 Å². The molecule has 0 aliphatic heterocycles. The molecule has 0 saturated heterocycles. The van der Waals surface area contributed by atoms with Crippen LogP contribution >= 0.6 is 0 Å². The molecular formula is C15H21N5. The third-order valence-corrected chi connectivity index (χ3v) is 4.23. The summed E-state index contributed by atoms with van der Waals surface area (Å²) in [6.45, 7) is 4.62. The minimum Gasteiger partial charge on any atom is -0.382 e. The van der Waals surface area contributed by atoms with Gasteiger partial charge in [0.25, 0.3) is 0 Å². The van der Waals surface area contributed by atoms with Crippen molar-refractivity contribution < 1.29 is 0 Å². The molecule has 106 valence electrons. The lowest BCUT2D eigenvalue weighted by Crippen LogP contribution is -2.37. The van der Waals surface area contributed by atoms with Crippen molar-refractivity contribution in [1.82, 2.24) is 20.2 Å². The lowest BCUT2D eigenvalue weighted by Gasteiger charge is -2.39. The van der Waals surface area contributed by atoms with Gasteiger partial charge >= 0.3 is 0 Å². The Bertz CT molecular complexity index is 583. The van der Waals surface area contributed by atoms with Crippen LogP contribution in [0.2, 0.25) is 0 Å². The Labute approximate surface area is 119 Å². The van der Waals surface area contributed by atoms with Gasteiger partial charge in [0.05, 0.1) is 0 Å². The summed E-state index contributed by atoms with van der Waals surface area (Å²) < 4.78 is 1.69. The van der Waals surface area contributed by atoms with E-state index in [1.807, 2.05) is 19.2 Å². The predicted molar refractivity (Wildman–Crippen MR) is 79.2 cm³/mol. The largest absolute Gasteiger partial charge is 0.382 e. The molecule has 0 bridgehead atoms. The molecule has 1 N–H and O–H groups in total. The van der Waals surface area contributed by atoms with Crippen molar-refractivity contribution >= 4 is 5.69 Å². The van der Waals surface area contributed by atoms with E-state index in [-0.39, 0.29) is 0 Å². The molecule has 0 radical (unpaired) electrons. The molecule has 5 heteroatoms. The summed E-state index contributed by atoms with van der Waals surface area (Å²) in [7, 11) is 1.86. The Hall–Kier alpha value is -1.91. The molecule has 20 heavy (non-hydrogen) atoms. The molecule has 1 aliphatic rings. The van der Waals surface area contributed by atoms with Crippen molar-refractivity contribution in [2.24, 2.45) is 18.9 Å². The number of rotatable bonds is 4. The highest BCUT2D eigenvalue weighted by Gasteiger charge is 2.30. The molecule has 1 aliphatic carbocycles. The number of aromatic nitrogens is 4. The number of anilines is 1. The highest BCUT2D eigenvalue weighted by molar-refractivity contribution is 5.62. The molecule has 1 aromatic heterocycles. The summed E-state index contributed by atoms with van der Waals surface area (Å²) in [6.07, 6.45) is 2.54. The summed E-state index contributed by atoms with van der Waals surface area (Å²) in [5.41, 5.74) is 2.19. The fourth-order valence-electron chi connectivity index (χ4n) is 2.78. The maximum Gasteiger partial charge on any atom is 0.181 e. The minimum absolute atomic E-state index is 0.607. The SMILES string of the molecule is CC(C)C1CC(Nc2cccc(-c3nnnn3C)c2)C1. The lowest BCUT2D eigenvalue weighted by molar-refractivity contribution is 0.212. The number of benzene rings is 1. The van der Waals surface area contributed by atoms with Crippen molar-refractivity contribution in [2.75, 3.05) is 5.32 Å². The molecule has 0 spiro atoms. The van der Waals surface area contributed by atoms with Crippen LogP contribution in [0.25, 0.3) is 11.4 Å². The van der Waals surface area contributed by atoms with E-state index >= 15 is 0 Å². The van der Waals surface area contributed by atoms with E-state index in [9.17, 15) is 0 Å². The van der Waals surface area contributed by atoms with Crippen molar-refractivity contribution in [3.8, 4) is 11.4 Å². The summed E-state index contributed by atoms with van der Waals surface area (Å²) in [5, 5.41) is 15.2. The van der Waals surface area contributed by atoms with Gasteiger partial charge in [0.1, 0.15) is 0 Å². The average molecular weight is 271 g/mol. The van der Waals surface area contributed by atoms with Gasteiger partial charge in [-0.3, -0.25) is 0 Å². The first-order chi connectivity index (χ1) is 9.63. The molecule has 1 aromatic carbocycles. The average Bonchev–Trinajstić information content (AvgIpc) is 2.79. The summed E-state index contributed by atoms with van der Waals surface area (Å²) in [6, 6.07) is 8.92. The monoisotopic (exact) mass is 271 g/mol. The number of nitrogens with one attached hydrogen (secondary N) is 1. The van der Waals surface area contributed by atoms with E-state index in [0.29, 0.717) is 6.04 Å². The molecule has 0 amide bonds. The molecule has 0 unspecified atom stereocenters. The highest BCUT2D eigenvalue weighted by atomic mass is 15.5. The van der Waals surface area contributed by atoms with E-state index in [1.165, 1.54) is 12.8 Å². The second-order valence-corrected chi connectivity index (χ2v) is 6.02. The third kappa shape index (κ3) is 2.53. The smallest absolute Gasteiger partial charge is 0.181 e. The maximum atomic E-state index is 4.05. The first kappa shape index (κ1) is 13.1. The number of tetrazole rings is 1.